The molecule has 32 heteroatoms. The molecule has 0 aromatic heterocycles. The van der Waals surface area contributed by atoms with E-state index in [1.54, 1.807) is 135 Å². The molecule has 137 heavy (non-hydrogen) atoms. The molecule has 3 saturated heterocycles. The van der Waals surface area contributed by atoms with Crippen LogP contribution < -0.4 is 38.5 Å². The number of carbonyl (C=O) groups excluding carboxylic acids is 10. The van der Waals surface area contributed by atoms with Crippen molar-refractivity contribution in [3.05, 3.63) is 277 Å². The number of phenols is 2. The minimum Gasteiger partial charge on any atom is -0.504 e. The Labute approximate surface area is 785 Å². The van der Waals surface area contributed by atoms with Crippen LogP contribution in [0.2, 0.25) is 0 Å². The summed E-state index contributed by atoms with van der Waals surface area (Å²) in [4.78, 5) is 161. The zero-order valence-corrected chi connectivity index (χ0v) is 76.1. The number of aliphatic hydroxyl groups is 1. The number of hydrogen-bond donors (Lipinski definition) is 4. The van der Waals surface area contributed by atoms with Crippen LogP contribution in [0, 0.1) is 47.3 Å². The summed E-state index contributed by atoms with van der Waals surface area (Å²) in [5, 5.41) is 39.8. The van der Waals surface area contributed by atoms with E-state index in [1.165, 1.54) is 97.6 Å². The van der Waals surface area contributed by atoms with Crippen molar-refractivity contribution in [2.75, 3.05) is 54.7 Å². The summed E-state index contributed by atoms with van der Waals surface area (Å²) in [5.74, 6) is -12.9. The van der Waals surface area contributed by atoms with Gasteiger partial charge in [-0.15, -0.1) is 0 Å². The molecule has 19 rings (SSSR count). The largest absolute Gasteiger partial charge is 0.504 e. The van der Waals surface area contributed by atoms with Gasteiger partial charge in [0.05, 0.1) is 93.1 Å². The van der Waals surface area contributed by atoms with Crippen LogP contribution in [0.3, 0.4) is 0 Å². The first kappa shape index (κ1) is 91.2. The number of benzene rings is 9. The van der Waals surface area contributed by atoms with E-state index >= 15 is 24.0 Å². The number of methoxy groups -OCH3 is 3. The van der Waals surface area contributed by atoms with Gasteiger partial charge in [-0.25, -0.2) is 19.2 Å². The fourth-order valence-electron chi connectivity index (χ4n) is 22.2. The summed E-state index contributed by atoms with van der Waals surface area (Å²) in [5.41, 5.74) is -3.61. The third-order valence-corrected chi connectivity index (χ3v) is 29.0. The highest BCUT2D eigenvalue weighted by Crippen LogP contribution is 2.67. The lowest BCUT2D eigenvalue weighted by Gasteiger charge is -2.67. The fourth-order valence-corrected chi connectivity index (χ4v) is 22.2. The number of carbonyl (C=O) groups is 10. The van der Waals surface area contributed by atoms with E-state index in [4.69, 9.17) is 85.8 Å². The minimum atomic E-state index is -2.71. The molecule has 706 valence electrons. The molecule has 9 aromatic carbocycles. The number of aliphatic imine (C=N–C) groups is 2. The number of ketones is 1. The Morgan fingerprint density at radius 1 is 0.533 bits per heavy atom. The number of amides is 1. The van der Waals surface area contributed by atoms with Gasteiger partial charge in [-0.2, -0.15) is 0 Å². The molecule has 5 heterocycles. The number of nitrogens with zero attached hydrogens (tertiary/aromatic N) is 2. The first-order valence-electron chi connectivity index (χ1n) is 44.9. The minimum absolute atomic E-state index is 0.00500. The van der Waals surface area contributed by atoms with Crippen molar-refractivity contribution in [2.24, 2.45) is 50.4 Å². The maximum Gasteiger partial charge on any atom is 0.350 e. The van der Waals surface area contributed by atoms with Crippen molar-refractivity contribution < 1.29 is 139 Å². The Morgan fingerprint density at radius 3 is 1.50 bits per heavy atom. The Kier molecular flexibility index (Phi) is 23.8. The lowest BCUT2D eigenvalue weighted by Crippen LogP contribution is -2.82. The van der Waals surface area contributed by atoms with Crippen molar-refractivity contribution in [1.82, 2.24) is 5.32 Å². The predicted octanol–water partition coefficient (Wildman–Crippen LogP) is 12.9. The summed E-state index contributed by atoms with van der Waals surface area (Å²) in [6, 6.07) is 47.0. The third-order valence-electron chi connectivity index (χ3n) is 29.0. The van der Waals surface area contributed by atoms with Gasteiger partial charge in [0.15, 0.2) is 63.5 Å². The van der Waals surface area contributed by atoms with Crippen molar-refractivity contribution >= 4 is 71.9 Å². The SMILES string of the molecule is COc1cc([C@@H]2c3cc4c(cc3[C@@H](N=Cc3ccc(C(=O)O[C@H]5C[C@H]6OC[C@@]6(OC(C)=O)[C@H]6[C@H](OC(=O)c7ccccc7)[C@]7(O)C[C@H](OC(=O)[C@H](OC(=O)c8ccc(C=N[C@@H]9c%10cc%11c(cc%10[C@@H](c%10cc(OC)c(O)c(OC)c%10)[C@H]%10C(=O)OC[C@@H]%109)OCO%11)cc8)[C@@H](NC(=O)c8ccccc8)c8ccccc8)C(C)=C([C@@H](OC(C)=O)C(=O)[C@]56C)C7(C)C)cc3)C3COC(=O)C32)OCO4)cc(C)c1O. The molecule has 5 aliphatic carbocycles. The number of cyclic esters (lactones) is 2. The first-order valence-corrected chi connectivity index (χ1v) is 44.9. The van der Waals surface area contributed by atoms with Crippen molar-refractivity contribution in [2.45, 2.75) is 139 Å². The normalized spacial score (nSPS) is 27.4. The number of rotatable bonds is 23. The van der Waals surface area contributed by atoms with Crippen LogP contribution >= 0.6 is 0 Å². The van der Waals surface area contributed by atoms with E-state index in [2.05, 4.69) is 5.32 Å². The maximum absolute atomic E-state index is 17.3. The number of fused-ring (bicyclic) bond motifs is 11. The van der Waals surface area contributed by atoms with Crippen LogP contribution in [-0.4, -0.2) is 190 Å². The zero-order valence-electron chi connectivity index (χ0n) is 76.1. The number of aromatic hydroxyl groups is 2. The van der Waals surface area contributed by atoms with E-state index in [0.717, 1.165) is 19.4 Å². The fraction of sp³-hybridized carbons (Fsp3) is 0.352. The van der Waals surface area contributed by atoms with Crippen molar-refractivity contribution in [3.8, 4) is 51.7 Å². The first-order chi connectivity index (χ1) is 65.8. The third kappa shape index (κ3) is 15.8. The summed E-state index contributed by atoms with van der Waals surface area (Å²) >= 11 is 0. The monoisotopic (exact) mass is 1860 g/mol. The topological polar surface area (TPSA) is 416 Å². The average Bonchev–Trinajstić information content (AvgIpc) is 1.33. The Balaban J connectivity index is 0.664. The summed E-state index contributed by atoms with van der Waals surface area (Å²) < 4.78 is 97.8. The van der Waals surface area contributed by atoms with Crippen molar-refractivity contribution in [1.29, 1.82) is 0 Å². The predicted molar refractivity (Wildman–Crippen MR) is 483 cm³/mol. The quantitative estimate of drug-likeness (QED) is 0.0200. The Bertz CT molecular complexity index is 6470. The highest BCUT2D eigenvalue weighted by molar-refractivity contribution is 5.99. The van der Waals surface area contributed by atoms with E-state index < -0.39 is 191 Å². The lowest BCUT2D eigenvalue weighted by atomic mass is 9.44. The molecule has 2 unspecified atom stereocenters. The molecule has 5 fully saturated rings. The van der Waals surface area contributed by atoms with Gasteiger partial charge in [-0.05, 0) is 179 Å². The molecule has 5 aliphatic heterocycles. The smallest absolute Gasteiger partial charge is 0.350 e. The molecule has 0 spiro atoms. The van der Waals surface area contributed by atoms with Gasteiger partial charge in [-0.3, -0.25) is 38.8 Å². The van der Waals surface area contributed by atoms with Crippen molar-refractivity contribution in [3.63, 3.8) is 0 Å². The molecule has 9 aromatic rings. The number of nitrogens with one attached hydrogen (secondary N) is 1. The van der Waals surface area contributed by atoms with E-state index in [-0.39, 0.29) is 101 Å². The summed E-state index contributed by atoms with van der Waals surface area (Å²) in [6.07, 6.45) is -9.17. The molecule has 2 bridgehead atoms. The highest BCUT2D eigenvalue weighted by atomic mass is 16.7. The second-order valence-electron chi connectivity index (χ2n) is 36.7. The average molecular weight is 1860 g/mol. The zero-order chi connectivity index (χ0) is 96.2. The molecule has 2 saturated carbocycles. The molecule has 0 radical (unpaired) electrons. The van der Waals surface area contributed by atoms with Crippen LogP contribution in [0.25, 0.3) is 0 Å². The lowest BCUT2D eigenvalue weighted by molar-refractivity contribution is -0.345. The molecule has 32 nitrogen and oxygen atoms in total. The van der Waals surface area contributed by atoms with Crippen LogP contribution in [0.5, 0.6) is 51.7 Å². The van der Waals surface area contributed by atoms with Gasteiger partial charge in [-0.1, -0.05) is 111 Å². The molecular weight excluding hydrogens is 1770 g/mol. The van der Waals surface area contributed by atoms with Gasteiger partial charge < -0.3 is 96.4 Å². The van der Waals surface area contributed by atoms with Crippen LogP contribution in [0.1, 0.15) is 181 Å². The second-order valence-corrected chi connectivity index (χ2v) is 36.7. The molecule has 19 atom stereocenters. The molecule has 4 N–H and O–H groups in total. The molecular formula is C105H97N3O29. The van der Waals surface area contributed by atoms with Crippen LogP contribution in [-0.2, 0) is 71.4 Å². The number of phenolic OH excluding ortho intramolecular Hbond substituents is 2. The Hall–Kier alpha value is -14.9. The van der Waals surface area contributed by atoms with Gasteiger partial charge in [0.1, 0.15) is 36.1 Å². The standard InChI is InChI=1S/C105H97N3O29/c1-51-34-62(35-74(122-8)88(51)111)80-64-38-70-72(130-49-128-70)40-66(64)86(68-46-125-99(118)82(68)80)106-44-55-26-30-60(31-27-55)96(115)134-78-42-79-104(48-127-79,137-54(4)110)92-94(136-98(117)59-24-18-13-19-25-59)105(121)43-77(52(2)84(102(105,5)6)90(132-53(3)109)93(113)103(78,92)7)133-101(120)91(85(57-20-14-11-15-21-57)108-95(114)58-22-16-12-17-23-58)135-97(116)61-32-28-56(29-33-61)45-107-87-67-41-73-71(129-50-131-73)39-65(67)81(83-69(87)47-126-100(83)119)63-36-75(123-9)89(112)76(37-63)124-10/h11-41,44-45,68-69,77-83,85-87,90-92,94,111-112,121H,42-43,46-50H2,1-10H3,(H,108,114)/t68?,69-,77-,78-,79+,80+,81+,82?,83-,85-,86+,87+,90+,91+,92-,94-,103+,104-,105+/m0/s1. The van der Waals surface area contributed by atoms with Gasteiger partial charge in [0, 0.05) is 73.8 Å². The number of ether oxygens (including phenoxy) is 16. The summed E-state index contributed by atoms with van der Waals surface area (Å²) in [7, 11) is 4.25. The molecule has 1 amide bonds. The number of aryl methyl sites for hydroxylation is 1. The number of esters is 8. The van der Waals surface area contributed by atoms with E-state index in [1.807, 2.05) is 24.3 Å². The van der Waals surface area contributed by atoms with Gasteiger partial charge in [0.2, 0.25) is 25.4 Å². The second kappa shape index (κ2) is 35.7. The van der Waals surface area contributed by atoms with Gasteiger partial charge >= 0.3 is 47.8 Å². The number of hydrogen-bond acceptors (Lipinski definition) is 31. The van der Waals surface area contributed by atoms with E-state index in [9.17, 15) is 39.3 Å². The maximum atomic E-state index is 17.3. The van der Waals surface area contributed by atoms with Gasteiger partial charge in [0.25, 0.3) is 5.91 Å². The highest BCUT2D eigenvalue weighted by Gasteiger charge is 2.79. The molecule has 10 aliphatic rings. The van der Waals surface area contributed by atoms with Crippen LogP contribution in [0.15, 0.2) is 209 Å². The van der Waals surface area contributed by atoms with Crippen LogP contribution in [0.4, 0.5) is 0 Å². The number of Topliss-reactive ketones (excluding diaryl/α,β-unsaturated/α-hetero) is 1. The van der Waals surface area contributed by atoms with E-state index in [0.29, 0.717) is 67.5 Å². The Morgan fingerprint density at radius 2 is 1.01 bits per heavy atom. The summed E-state index contributed by atoms with van der Waals surface area (Å²) in [6.45, 7) is 9.22.